The molecular formula is C25H29F3N2O3. The van der Waals surface area contributed by atoms with E-state index in [1.54, 1.807) is 13.0 Å². The Bertz CT molecular complexity index is 982. The van der Waals surface area contributed by atoms with Gasteiger partial charge in [-0.05, 0) is 53.5 Å². The third-order valence-electron chi connectivity index (χ3n) is 4.26. The lowest BCUT2D eigenvalue weighted by atomic mass is 9.92. The number of nitrogens with one attached hydrogen (secondary N) is 1. The monoisotopic (exact) mass is 462 g/mol. The van der Waals surface area contributed by atoms with Crippen LogP contribution in [0.4, 0.5) is 18.9 Å². The van der Waals surface area contributed by atoms with E-state index in [4.69, 9.17) is 0 Å². The second-order valence-electron chi connectivity index (χ2n) is 6.91. The number of aliphatic hydroxyl groups excluding tert-OH is 1. The summed E-state index contributed by atoms with van der Waals surface area (Å²) >= 11 is 0. The first-order valence-electron chi connectivity index (χ1n) is 10.3. The molecule has 0 aliphatic rings. The van der Waals surface area contributed by atoms with E-state index < -0.39 is 6.36 Å². The minimum Gasteiger partial charge on any atom is -0.406 e. The summed E-state index contributed by atoms with van der Waals surface area (Å²) in [6.45, 7) is 12.8. The molecule has 33 heavy (non-hydrogen) atoms. The highest BCUT2D eigenvalue weighted by Crippen LogP contribution is 2.37. The Kier molecular flexibility index (Phi) is 11.1. The number of aliphatic hydroxyl groups is 1. The fraction of sp³-hybridized carbons (Fsp3) is 0.280. The van der Waals surface area contributed by atoms with E-state index in [2.05, 4.69) is 42.1 Å². The predicted molar refractivity (Wildman–Crippen MR) is 126 cm³/mol. The van der Waals surface area contributed by atoms with Crippen molar-refractivity contribution in [3.8, 4) is 16.9 Å². The quantitative estimate of drug-likeness (QED) is 0.365. The van der Waals surface area contributed by atoms with Crippen LogP contribution in [0.25, 0.3) is 11.1 Å². The highest BCUT2D eigenvalue weighted by atomic mass is 19.4. The van der Waals surface area contributed by atoms with Crippen LogP contribution >= 0.6 is 0 Å². The number of allylic oxidation sites excluding steroid dienone is 1. The molecule has 0 aromatic heterocycles. The topological polar surface area (TPSA) is 70.9 Å². The Morgan fingerprint density at radius 3 is 2.30 bits per heavy atom. The second-order valence-corrected chi connectivity index (χ2v) is 6.91. The van der Waals surface area contributed by atoms with Gasteiger partial charge < -0.3 is 15.2 Å². The molecule has 8 heteroatoms. The molecule has 1 amide bonds. The van der Waals surface area contributed by atoms with Crippen LogP contribution in [0.5, 0.6) is 5.75 Å². The highest BCUT2D eigenvalue weighted by molar-refractivity contribution is 5.87. The minimum atomic E-state index is -4.77. The average Bonchev–Trinajstić information content (AvgIpc) is 2.76. The number of nitrogens with zero attached hydrogens (tertiary/aromatic N) is 1. The number of halogens is 3. The summed E-state index contributed by atoms with van der Waals surface area (Å²) < 4.78 is 41.1. The van der Waals surface area contributed by atoms with Crippen LogP contribution in [0.3, 0.4) is 0 Å². The zero-order valence-corrected chi connectivity index (χ0v) is 19.0. The molecule has 2 aromatic carbocycles. The molecular weight excluding hydrogens is 433 g/mol. The van der Waals surface area contributed by atoms with Gasteiger partial charge in [0.15, 0.2) is 0 Å². The van der Waals surface area contributed by atoms with Gasteiger partial charge in [0.1, 0.15) is 5.75 Å². The maximum Gasteiger partial charge on any atom is 0.573 e. The Hall–Kier alpha value is -3.39. The SMILES string of the molecule is C=CC=Nc1c(C)c(-c2ccc(OC(F)(F)F)cc2)cc(CNC(=O)C=C)c1CO.CCC. The third kappa shape index (κ3) is 8.57. The molecule has 0 unspecified atom stereocenters. The van der Waals surface area contributed by atoms with E-state index in [0.29, 0.717) is 33.5 Å². The molecule has 0 aliphatic carbocycles. The van der Waals surface area contributed by atoms with Crippen LogP contribution in [0.2, 0.25) is 0 Å². The number of carbonyl (C=O) groups is 1. The summed E-state index contributed by atoms with van der Waals surface area (Å²) in [5, 5.41) is 12.6. The largest absolute Gasteiger partial charge is 0.573 e. The molecule has 0 atom stereocenters. The zero-order chi connectivity index (χ0) is 25.0. The number of amides is 1. The molecule has 0 aliphatic heterocycles. The van der Waals surface area contributed by atoms with Gasteiger partial charge in [-0.1, -0.05) is 51.6 Å². The number of ether oxygens (including phenoxy) is 1. The Labute approximate surface area is 192 Å². The first kappa shape index (κ1) is 27.6. The normalized spacial score (nSPS) is 10.9. The van der Waals surface area contributed by atoms with Crippen molar-refractivity contribution in [1.82, 2.24) is 5.32 Å². The standard InChI is InChI=1S/C22H21F3N2O3.C3H8/c1-4-10-26-21-14(3)18(11-16(19(21)13-28)12-27-20(29)5-2)15-6-8-17(9-7-15)30-22(23,24)25;1-3-2/h4-11,28H,1-2,12-13H2,3H3,(H,27,29);3H2,1-2H3. The average molecular weight is 463 g/mol. The lowest BCUT2D eigenvalue weighted by Crippen LogP contribution is -2.21. The molecule has 178 valence electrons. The van der Waals surface area contributed by atoms with E-state index in [1.165, 1.54) is 43.0 Å². The molecule has 0 fully saturated rings. The summed E-state index contributed by atoms with van der Waals surface area (Å²) in [6, 6.07) is 7.18. The van der Waals surface area contributed by atoms with Crippen molar-refractivity contribution < 1.29 is 27.8 Å². The number of alkyl halides is 3. The van der Waals surface area contributed by atoms with Gasteiger partial charge in [0.2, 0.25) is 5.91 Å². The molecule has 0 bridgehead atoms. The van der Waals surface area contributed by atoms with Gasteiger partial charge in [-0.2, -0.15) is 0 Å². The van der Waals surface area contributed by atoms with Crippen molar-refractivity contribution >= 4 is 17.8 Å². The number of benzene rings is 2. The van der Waals surface area contributed by atoms with E-state index in [9.17, 15) is 23.1 Å². The maximum absolute atomic E-state index is 12.4. The molecule has 2 aromatic rings. The van der Waals surface area contributed by atoms with Crippen LogP contribution in [0.1, 0.15) is 37.0 Å². The summed E-state index contributed by atoms with van der Waals surface area (Å²) in [4.78, 5) is 15.9. The van der Waals surface area contributed by atoms with E-state index in [0.717, 1.165) is 6.08 Å². The Balaban J connectivity index is 0.00000172. The van der Waals surface area contributed by atoms with Crippen LogP contribution in [0.15, 0.2) is 60.6 Å². The maximum atomic E-state index is 12.4. The predicted octanol–water partition coefficient (Wildman–Crippen LogP) is 6.16. The van der Waals surface area contributed by atoms with Gasteiger partial charge in [-0.3, -0.25) is 9.79 Å². The van der Waals surface area contributed by atoms with Gasteiger partial charge in [0.05, 0.1) is 12.3 Å². The third-order valence-corrected chi connectivity index (χ3v) is 4.26. The number of aliphatic imine (C=N–C) groups is 1. The molecule has 0 spiro atoms. The summed E-state index contributed by atoms with van der Waals surface area (Å²) in [5.41, 5.74) is 3.65. The fourth-order valence-electron chi connectivity index (χ4n) is 2.90. The van der Waals surface area contributed by atoms with Gasteiger partial charge in [0, 0.05) is 18.3 Å². The van der Waals surface area contributed by atoms with Crippen LogP contribution in [-0.4, -0.2) is 23.6 Å². The van der Waals surface area contributed by atoms with E-state index in [1.807, 2.05) is 0 Å². The summed E-state index contributed by atoms with van der Waals surface area (Å²) in [7, 11) is 0. The van der Waals surface area contributed by atoms with Crippen molar-refractivity contribution in [3.05, 3.63) is 72.3 Å². The first-order valence-corrected chi connectivity index (χ1v) is 10.3. The summed E-state index contributed by atoms with van der Waals surface area (Å²) in [5.74, 6) is -0.718. The van der Waals surface area contributed by atoms with Crippen molar-refractivity contribution in [2.45, 2.75) is 46.7 Å². The first-order chi connectivity index (χ1) is 15.6. The lowest BCUT2D eigenvalue weighted by Gasteiger charge is -2.18. The van der Waals surface area contributed by atoms with Crippen molar-refractivity contribution in [2.24, 2.45) is 4.99 Å². The van der Waals surface area contributed by atoms with Gasteiger partial charge in [-0.15, -0.1) is 13.2 Å². The number of rotatable bonds is 8. The number of hydrogen-bond acceptors (Lipinski definition) is 4. The van der Waals surface area contributed by atoms with Crippen molar-refractivity contribution in [3.63, 3.8) is 0 Å². The molecule has 5 nitrogen and oxygen atoms in total. The summed E-state index contributed by atoms with van der Waals surface area (Å²) in [6.07, 6.45) is 0.556. The van der Waals surface area contributed by atoms with Gasteiger partial charge in [-0.25, -0.2) is 0 Å². The minimum absolute atomic E-state index is 0.111. The zero-order valence-electron chi connectivity index (χ0n) is 19.0. The highest BCUT2D eigenvalue weighted by Gasteiger charge is 2.31. The lowest BCUT2D eigenvalue weighted by molar-refractivity contribution is -0.274. The molecule has 0 radical (unpaired) electrons. The molecule has 0 saturated heterocycles. The number of carbonyl (C=O) groups excluding carboxylic acids is 1. The smallest absolute Gasteiger partial charge is 0.406 e. The van der Waals surface area contributed by atoms with E-state index >= 15 is 0 Å². The van der Waals surface area contributed by atoms with Crippen LogP contribution in [-0.2, 0) is 17.9 Å². The molecule has 2 rings (SSSR count). The Morgan fingerprint density at radius 2 is 1.82 bits per heavy atom. The second kappa shape index (κ2) is 13.2. The van der Waals surface area contributed by atoms with Crippen LogP contribution in [0, 0.1) is 6.92 Å². The Morgan fingerprint density at radius 1 is 1.21 bits per heavy atom. The van der Waals surface area contributed by atoms with Gasteiger partial charge in [0.25, 0.3) is 0 Å². The molecule has 0 heterocycles. The molecule has 2 N–H and O–H groups in total. The van der Waals surface area contributed by atoms with Crippen LogP contribution < -0.4 is 10.1 Å². The number of hydrogen-bond donors (Lipinski definition) is 2. The van der Waals surface area contributed by atoms with E-state index in [-0.39, 0.29) is 24.8 Å². The molecule has 0 saturated carbocycles. The fourth-order valence-corrected chi connectivity index (χ4v) is 2.90. The van der Waals surface area contributed by atoms with Gasteiger partial charge >= 0.3 is 6.36 Å². The van der Waals surface area contributed by atoms with Crippen molar-refractivity contribution in [2.75, 3.05) is 0 Å². The van der Waals surface area contributed by atoms with Crippen molar-refractivity contribution in [1.29, 1.82) is 0 Å².